The van der Waals surface area contributed by atoms with E-state index in [-0.39, 0.29) is 18.7 Å². The molecule has 6 rings (SSSR count). The van der Waals surface area contributed by atoms with Crippen LogP contribution < -0.4 is 15.5 Å². The second kappa shape index (κ2) is 14.4. The molecule has 48 heavy (non-hydrogen) atoms. The molecule has 3 heterocycles. The molecule has 11 heteroatoms. The van der Waals surface area contributed by atoms with Gasteiger partial charge >= 0.3 is 0 Å². The largest absolute Gasteiger partial charge is 0.370 e. The number of alkyl halides is 1. The molecule has 9 nitrogen and oxygen atoms in total. The van der Waals surface area contributed by atoms with Gasteiger partial charge in [-0.1, -0.05) is 24.3 Å². The lowest BCUT2D eigenvalue weighted by Gasteiger charge is -2.38. The van der Waals surface area contributed by atoms with Crippen molar-refractivity contribution in [3.05, 3.63) is 77.2 Å². The van der Waals surface area contributed by atoms with Crippen LogP contribution in [-0.2, 0) is 9.59 Å². The highest BCUT2D eigenvalue weighted by Crippen LogP contribution is 2.33. The van der Waals surface area contributed by atoms with Crippen molar-refractivity contribution in [1.29, 1.82) is 0 Å². The van der Waals surface area contributed by atoms with Gasteiger partial charge in [0.15, 0.2) is 0 Å². The van der Waals surface area contributed by atoms with E-state index in [1.165, 1.54) is 42.0 Å². The zero-order valence-corrected chi connectivity index (χ0v) is 27.8. The Morgan fingerprint density at radius 3 is 2.65 bits per heavy atom. The van der Waals surface area contributed by atoms with Crippen molar-refractivity contribution in [3.63, 3.8) is 0 Å². The summed E-state index contributed by atoms with van der Waals surface area (Å²) in [5, 5.41) is 6.15. The van der Waals surface area contributed by atoms with Gasteiger partial charge in [-0.05, 0) is 100 Å². The van der Waals surface area contributed by atoms with E-state index in [0.717, 1.165) is 42.7 Å². The average molecular weight is 659 g/mol. The summed E-state index contributed by atoms with van der Waals surface area (Å²) >= 11 is 0. The number of hydrogen-bond donors (Lipinski definition) is 2. The summed E-state index contributed by atoms with van der Waals surface area (Å²) in [6.45, 7) is 3.16. The van der Waals surface area contributed by atoms with Gasteiger partial charge in [0.1, 0.15) is 23.7 Å². The number of likely N-dealkylation sites (N-methyl/N-ethyl adjacent to an activating group) is 1. The number of likely N-dealkylation sites (tertiary alicyclic amines) is 1. The van der Waals surface area contributed by atoms with Crippen molar-refractivity contribution in [1.82, 2.24) is 25.4 Å². The number of carbonyl (C=O) groups excluding carboxylic acids is 3. The van der Waals surface area contributed by atoms with Crippen LogP contribution in [0.5, 0.6) is 0 Å². The molecule has 0 radical (unpaired) electrons. The molecule has 1 aliphatic carbocycles. The number of rotatable bonds is 10. The van der Waals surface area contributed by atoms with E-state index < -0.39 is 48.3 Å². The summed E-state index contributed by atoms with van der Waals surface area (Å²) in [6, 6.07) is 12.5. The topological polar surface area (TPSA) is 97.9 Å². The Morgan fingerprint density at radius 1 is 1.06 bits per heavy atom. The van der Waals surface area contributed by atoms with Crippen LogP contribution in [0.2, 0.25) is 0 Å². The third-order valence-corrected chi connectivity index (χ3v) is 9.71. The SMILES string of the molecule is C[C@H](NC(=O)C1C[C@@H](F)CN1C(=O)CNC(=O)c1ccc2cc(F)ccc2n1)c1cc(N2CCC[C@H](N(C)C)C2)ccc1/C=C/C1CC1. The Kier molecular flexibility index (Phi) is 10.1. The Hall–Kier alpha value is -4.38. The number of hydrogen-bond acceptors (Lipinski definition) is 6. The zero-order valence-electron chi connectivity index (χ0n) is 27.8. The van der Waals surface area contributed by atoms with Gasteiger partial charge in [0.2, 0.25) is 11.8 Å². The maximum Gasteiger partial charge on any atom is 0.270 e. The highest BCUT2D eigenvalue weighted by atomic mass is 19.1. The van der Waals surface area contributed by atoms with Crippen LogP contribution in [0.1, 0.15) is 66.7 Å². The van der Waals surface area contributed by atoms with Crippen molar-refractivity contribution < 1.29 is 23.2 Å². The molecule has 2 aliphatic heterocycles. The molecule has 0 bridgehead atoms. The fourth-order valence-electron chi connectivity index (χ4n) is 6.69. The average Bonchev–Trinajstić information content (AvgIpc) is 3.83. The molecule has 254 valence electrons. The van der Waals surface area contributed by atoms with Crippen LogP contribution in [0.25, 0.3) is 17.0 Å². The lowest BCUT2D eigenvalue weighted by molar-refractivity contribution is -0.138. The molecular weight excluding hydrogens is 614 g/mol. The molecule has 3 aromatic rings. The summed E-state index contributed by atoms with van der Waals surface area (Å²) in [4.78, 5) is 49.8. The zero-order chi connectivity index (χ0) is 33.9. The van der Waals surface area contributed by atoms with Crippen LogP contribution in [0, 0.1) is 11.7 Å². The summed E-state index contributed by atoms with van der Waals surface area (Å²) in [5.41, 5.74) is 3.59. The van der Waals surface area contributed by atoms with E-state index in [4.69, 9.17) is 0 Å². The number of nitrogens with zero attached hydrogens (tertiary/aromatic N) is 4. The van der Waals surface area contributed by atoms with Gasteiger partial charge in [-0.25, -0.2) is 13.8 Å². The first kappa shape index (κ1) is 33.5. The van der Waals surface area contributed by atoms with Crippen LogP contribution in [0.15, 0.2) is 54.6 Å². The molecule has 1 aromatic heterocycles. The minimum Gasteiger partial charge on any atom is -0.370 e. The second-order valence-corrected chi connectivity index (χ2v) is 13.6. The van der Waals surface area contributed by atoms with Crippen LogP contribution in [-0.4, -0.2) is 91.0 Å². The first-order chi connectivity index (χ1) is 23.0. The number of benzene rings is 2. The number of anilines is 1. The summed E-state index contributed by atoms with van der Waals surface area (Å²) < 4.78 is 28.2. The number of carbonyl (C=O) groups is 3. The van der Waals surface area contributed by atoms with E-state index >= 15 is 0 Å². The third kappa shape index (κ3) is 7.84. The third-order valence-electron chi connectivity index (χ3n) is 9.71. The highest BCUT2D eigenvalue weighted by molar-refractivity contribution is 5.97. The van der Waals surface area contributed by atoms with Crippen LogP contribution in [0.4, 0.5) is 14.5 Å². The first-order valence-corrected chi connectivity index (χ1v) is 16.9. The molecule has 2 saturated heterocycles. The van der Waals surface area contributed by atoms with Gasteiger partial charge < -0.3 is 25.3 Å². The van der Waals surface area contributed by atoms with Crippen molar-refractivity contribution in [2.24, 2.45) is 5.92 Å². The van der Waals surface area contributed by atoms with Gasteiger partial charge in [-0.15, -0.1) is 0 Å². The summed E-state index contributed by atoms with van der Waals surface area (Å²) in [5.74, 6) is -1.41. The molecule has 2 N–H and O–H groups in total. The fraction of sp³-hybridized carbons (Fsp3) is 0.459. The predicted molar refractivity (Wildman–Crippen MR) is 183 cm³/mol. The summed E-state index contributed by atoms with van der Waals surface area (Å²) in [7, 11) is 4.23. The van der Waals surface area contributed by atoms with E-state index in [1.54, 1.807) is 6.07 Å². The van der Waals surface area contributed by atoms with Crippen LogP contribution in [0.3, 0.4) is 0 Å². The molecule has 1 unspecified atom stereocenters. The maximum atomic E-state index is 14.7. The number of pyridine rings is 1. The Bertz CT molecular complexity index is 1710. The number of piperidine rings is 1. The number of amides is 3. The Morgan fingerprint density at radius 2 is 1.88 bits per heavy atom. The smallest absolute Gasteiger partial charge is 0.270 e. The van der Waals surface area contributed by atoms with E-state index in [0.29, 0.717) is 22.9 Å². The molecule has 3 amide bonds. The van der Waals surface area contributed by atoms with Gasteiger partial charge in [0.05, 0.1) is 24.6 Å². The van der Waals surface area contributed by atoms with Crippen molar-refractivity contribution in [2.75, 3.05) is 45.2 Å². The maximum absolute atomic E-state index is 14.7. The number of fused-ring (bicyclic) bond motifs is 1. The molecular formula is C37H44F2N6O3. The quantitative estimate of drug-likeness (QED) is 0.323. The monoisotopic (exact) mass is 658 g/mol. The molecule has 2 aromatic carbocycles. The fourth-order valence-corrected chi connectivity index (χ4v) is 6.69. The second-order valence-electron chi connectivity index (χ2n) is 13.6. The van der Waals surface area contributed by atoms with Gasteiger partial charge in [0, 0.05) is 36.6 Å². The van der Waals surface area contributed by atoms with Crippen molar-refractivity contribution in [2.45, 2.75) is 63.3 Å². The molecule has 4 atom stereocenters. The first-order valence-electron chi connectivity index (χ1n) is 16.9. The molecule has 0 spiro atoms. The highest BCUT2D eigenvalue weighted by Gasteiger charge is 2.40. The molecule has 3 aliphatic rings. The number of allylic oxidation sites excluding steroid dienone is 1. The molecule has 3 fully saturated rings. The number of nitrogens with one attached hydrogen (secondary N) is 2. The predicted octanol–water partition coefficient (Wildman–Crippen LogP) is 4.87. The normalized spacial score (nSPS) is 22.0. The van der Waals surface area contributed by atoms with Crippen molar-refractivity contribution >= 4 is 40.4 Å². The van der Waals surface area contributed by atoms with Gasteiger partial charge in [0.25, 0.3) is 5.91 Å². The van der Waals surface area contributed by atoms with E-state index in [1.807, 2.05) is 6.92 Å². The van der Waals surface area contributed by atoms with Crippen LogP contribution >= 0.6 is 0 Å². The number of aromatic nitrogens is 1. The van der Waals surface area contributed by atoms with Gasteiger partial charge in [-0.3, -0.25) is 14.4 Å². The van der Waals surface area contributed by atoms with E-state index in [9.17, 15) is 23.2 Å². The Balaban J connectivity index is 1.13. The standard InChI is InChI=1S/C37H44F2N6O3/c1-23(31-19-29(13-10-25(31)9-8-24-6-7-24)44-16-4-5-30(22-44)43(2)3)41-37(48)34-18-28(39)21-45(34)35(46)20-40-36(47)33-14-11-26-17-27(38)12-15-32(26)42-33/h8-15,17,19,23-24,28,30,34H,4-7,16,18,20-22H2,1-3H3,(H,40,47)(H,41,48)/b9-8+/t23-,28+,30-,34?/m0/s1. The lowest BCUT2D eigenvalue weighted by atomic mass is 9.97. The minimum atomic E-state index is -1.36. The molecule has 1 saturated carbocycles. The minimum absolute atomic E-state index is 0.0605. The Labute approximate surface area is 280 Å². The lowest BCUT2D eigenvalue weighted by Crippen LogP contribution is -2.49. The number of halogens is 2. The van der Waals surface area contributed by atoms with E-state index in [2.05, 4.69) is 69.9 Å². The van der Waals surface area contributed by atoms with Gasteiger partial charge in [-0.2, -0.15) is 0 Å². The summed E-state index contributed by atoms with van der Waals surface area (Å²) in [6.07, 6.45) is 7.51. The van der Waals surface area contributed by atoms with Crippen molar-refractivity contribution in [3.8, 4) is 0 Å².